The second-order valence-electron chi connectivity index (χ2n) is 7.71. The average molecular weight is 460 g/mol. The minimum Gasteiger partial charge on any atom is -0.497 e. The molecule has 4 rings (SSSR count). The molecule has 3 aromatic carbocycles. The van der Waals surface area contributed by atoms with Gasteiger partial charge in [0.1, 0.15) is 17.2 Å². The van der Waals surface area contributed by atoms with Crippen molar-refractivity contribution in [2.24, 2.45) is 5.92 Å². The maximum Gasteiger partial charge on any atom is 0.316 e. The number of carbonyl (C=O) groups excluding carboxylic acids is 3. The summed E-state index contributed by atoms with van der Waals surface area (Å²) in [6, 6.07) is 20.5. The zero-order valence-corrected chi connectivity index (χ0v) is 18.8. The van der Waals surface area contributed by atoms with E-state index in [0.29, 0.717) is 34.2 Å². The molecule has 34 heavy (non-hydrogen) atoms. The molecule has 0 bridgehead atoms. The normalized spacial score (nSPS) is 15.1. The van der Waals surface area contributed by atoms with Crippen LogP contribution in [0.25, 0.3) is 0 Å². The van der Waals surface area contributed by atoms with Crippen LogP contribution < -0.4 is 24.4 Å². The summed E-state index contributed by atoms with van der Waals surface area (Å²) in [5.41, 5.74) is 1.66. The number of carbonyl (C=O) groups is 3. The van der Waals surface area contributed by atoms with Crippen molar-refractivity contribution in [3.8, 4) is 17.2 Å². The van der Waals surface area contributed by atoms with Crippen LogP contribution in [0.15, 0.2) is 72.8 Å². The van der Waals surface area contributed by atoms with Crippen molar-refractivity contribution in [2.75, 3.05) is 31.0 Å². The van der Waals surface area contributed by atoms with Crippen molar-refractivity contribution in [2.45, 2.75) is 6.42 Å². The molecule has 1 N–H and O–H groups in total. The Hall–Kier alpha value is -4.33. The molecular formula is C26H24N2O6. The Kier molecular flexibility index (Phi) is 6.77. The van der Waals surface area contributed by atoms with Crippen LogP contribution in [0, 0.1) is 5.92 Å². The number of hydrogen-bond acceptors (Lipinski definition) is 6. The first-order valence-electron chi connectivity index (χ1n) is 10.7. The zero-order chi connectivity index (χ0) is 24.1. The summed E-state index contributed by atoms with van der Waals surface area (Å²) in [7, 11) is 3.06. The maximum absolute atomic E-state index is 12.7. The highest BCUT2D eigenvalue weighted by Crippen LogP contribution is 2.36. The number of hydrogen-bond donors (Lipinski definition) is 1. The van der Waals surface area contributed by atoms with Gasteiger partial charge in [-0.2, -0.15) is 0 Å². The molecule has 0 aliphatic carbocycles. The van der Waals surface area contributed by atoms with E-state index in [4.69, 9.17) is 14.2 Å². The van der Waals surface area contributed by atoms with E-state index in [2.05, 4.69) is 5.32 Å². The van der Waals surface area contributed by atoms with E-state index < -0.39 is 11.9 Å². The van der Waals surface area contributed by atoms with Crippen molar-refractivity contribution in [1.82, 2.24) is 0 Å². The first kappa shape index (κ1) is 22.8. The number of amides is 2. The summed E-state index contributed by atoms with van der Waals surface area (Å²) in [5.74, 6) is -0.145. The van der Waals surface area contributed by atoms with E-state index >= 15 is 0 Å². The van der Waals surface area contributed by atoms with Gasteiger partial charge in [0, 0.05) is 30.3 Å². The average Bonchev–Trinajstić information content (AvgIpc) is 3.26. The Morgan fingerprint density at radius 2 is 1.62 bits per heavy atom. The molecule has 8 nitrogen and oxygen atoms in total. The van der Waals surface area contributed by atoms with Gasteiger partial charge in [0.15, 0.2) is 0 Å². The number of rotatable bonds is 7. The van der Waals surface area contributed by atoms with Crippen molar-refractivity contribution < 1.29 is 28.6 Å². The van der Waals surface area contributed by atoms with E-state index in [1.54, 1.807) is 66.7 Å². The lowest BCUT2D eigenvalue weighted by Gasteiger charge is -2.20. The molecule has 1 saturated heterocycles. The Bertz CT molecular complexity index is 1190. The molecule has 0 spiro atoms. The summed E-state index contributed by atoms with van der Waals surface area (Å²) >= 11 is 0. The third-order valence-corrected chi connectivity index (χ3v) is 5.50. The molecule has 8 heteroatoms. The molecule has 1 unspecified atom stereocenters. The highest BCUT2D eigenvalue weighted by atomic mass is 16.5. The summed E-state index contributed by atoms with van der Waals surface area (Å²) in [5, 5.41) is 2.79. The molecule has 2 amide bonds. The summed E-state index contributed by atoms with van der Waals surface area (Å²) < 4.78 is 16.1. The van der Waals surface area contributed by atoms with E-state index in [1.807, 2.05) is 6.07 Å². The quantitative estimate of drug-likeness (QED) is 0.424. The molecule has 0 aromatic heterocycles. The third-order valence-electron chi connectivity index (χ3n) is 5.50. The van der Waals surface area contributed by atoms with Gasteiger partial charge in [-0.15, -0.1) is 0 Å². The van der Waals surface area contributed by atoms with Crippen LogP contribution in [0.5, 0.6) is 17.2 Å². The number of methoxy groups -OCH3 is 2. The molecule has 0 saturated carbocycles. The van der Waals surface area contributed by atoms with Crippen LogP contribution in [-0.4, -0.2) is 38.5 Å². The highest BCUT2D eigenvalue weighted by molar-refractivity contribution is 6.04. The van der Waals surface area contributed by atoms with Gasteiger partial charge in [-0.25, -0.2) is 0 Å². The highest BCUT2D eigenvalue weighted by Gasteiger charge is 2.37. The first-order chi connectivity index (χ1) is 16.5. The predicted octanol–water partition coefficient (Wildman–Crippen LogP) is 3.91. The molecule has 174 valence electrons. The summed E-state index contributed by atoms with van der Waals surface area (Å²) in [6.07, 6.45) is 0.0322. The number of esters is 1. The van der Waals surface area contributed by atoms with Crippen molar-refractivity contribution in [1.29, 1.82) is 0 Å². The number of benzene rings is 3. The van der Waals surface area contributed by atoms with Crippen LogP contribution in [-0.2, 0) is 9.59 Å². The molecule has 1 aliphatic heterocycles. The van der Waals surface area contributed by atoms with Crippen LogP contribution in [0.3, 0.4) is 0 Å². The predicted molar refractivity (Wildman–Crippen MR) is 126 cm³/mol. The lowest BCUT2D eigenvalue weighted by Crippen LogP contribution is -2.27. The SMILES string of the molecule is COc1ccc(OC)c(N2CC(C(=O)Oc3ccc(NC(=O)c4ccccc4)cc3)CC2=O)c1. The lowest BCUT2D eigenvalue weighted by molar-refractivity contribution is -0.139. The van der Waals surface area contributed by atoms with Crippen LogP contribution >= 0.6 is 0 Å². The molecular weight excluding hydrogens is 436 g/mol. The minimum atomic E-state index is -0.624. The van der Waals surface area contributed by atoms with Gasteiger partial charge in [-0.05, 0) is 48.5 Å². The minimum absolute atomic E-state index is 0.0322. The van der Waals surface area contributed by atoms with Gasteiger partial charge in [0.05, 0.1) is 25.8 Å². The summed E-state index contributed by atoms with van der Waals surface area (Å²) in [4.78, 5) is 39.2. The fraction of sp³-hybridized carbons (Fsp3) is 0.192. The Morgan fingerprint density at radius 1 is 0.912 bits per heavy atom. The first-order valence-corrected chi connectivity index (χ1v) is 10.7. The van der Waals surface area contributed by atoms with Gasteiger partial charge < -0.3 is 24.4 Å². The van der Waals surface area contributed by atoms with Gasteiger partial charge in [0.25, 0.3) is 5.91 Å². The van der Waals surface area contributed by atoms with Crippen LogP contribution in [0.1, 0.15) is 16.8 Å². The van der Waals surface area contributed by atoms with Crippen molar-refractivity contribution in [3.63, 3.8) is 0 Å². The molecule has 1 heterocycles. The van der Waals surface area contributed by atoms with E-state index in [9.17, 15) is 14.4 Å². The second-order valence-corrected chi connectivity index (χ2v) is 7.71. The standard InChI is InChI=1S/C26H24N2O6/c1-32-21-12-13-23(33-2)22(15-21)28-16-18(14-24(28)29)26(31)34-20-10-8-19(9-11-20)27-25(30)17-6-4-3-5-7-17/h3-13,15,18H,14,16H2,1-2H3,(H,27,30). The number of ether oxygens (including phenoxy) is 3. The van der Waals surface area contributed by atoms with Crippen molar-refractivity contribution in [3.05, 3.63) is 78.4 Å². The zero-order valence-electron chi connectivity index (χ0n) is 18.8. The molecule has 1 aliphatic rings. The molecule has 1 fully saturated rings. The number of nitrogens with zero attached hydrogens (tertiary/aromatic N) is 1. The number of anilines is 2. The Morgan fingerprint density at radius 3 is 2.29 bits per heavy atom. The van der Waals surface area contributed by atoms with E-state index in [0.717, 1.165) is 0 Å². The largest absolute Gasteiger partial charge is 0.497 e. The van der Waals surface area contributed by atoms with Crippen molar-refractivity contribution >= 4 is 29.2 Å². The van der Waals surface area contributed by atoms with E-state index in [1.165, 1.54) is 19.1 Å². The smallest absolute Gasteiger partial charge is 0.316 e. The summed E-state index contributed by atoms with van der Waals surface area (Å²) in [6.45, 7) is 0.173. The lowest BCUT2D eigenvalue weighted by atomic mass is 10.1. The van der Waals surface area contributed by atoms with Gasteiger partial charge in [-0.1, -0.05) is 18.2 Å². The third kappa shape index (κ3) is 5.01. The number of nitrogens with one attached hydrogen (secondary N) is 1. The second kappa shape index (κ2) is 10.1. The fourth-order valence-electron chi connectivity index (χ4n) is 3.70. The Balaban J connectivity index is 1.39. The topological polar surface area (TPSA) is 94.2 Å². The monoisotopic (exact) mass is 460 g/mol. The van der Waals surface area contributed by atoms with Crippen LogP contribution in [0.4, 0.5) is 11.4 Å². The fourth-order valence-corrected chi connectivity index (χ4v) is 3.70. The van der Waals surface area contributed by atoms with Gasteiger partial charge in [-0.3, -0.25) is 14.4 Å². The Labute approximate surface area is 197 Å². The van der Waals surface area contributed by atoms with Gasteiger partial charge >= 0.3 is 5.97 Å². The molecule has 1 atom stereocenters. The van der Waals surface area contributed by atoms with Crippen LogP contribution in [0.2, 0.25) is 0 Å². The molecule has 0 radical (unpaired) electrons. The van der Waals surface area contributed by atoms with E-state index in [-0.39, 0.29) is 24.8 Å². The molecule has 3 aromatic rings. The maximum atomic E-state index is 12.7. The van der Waals surface area contributed by atoms with Gasteiger partial charge in [0.2, 0.25) is 5.91 Å².